The second-order valence-corrected chi connectivity index (χ2v) is 2.98. The van der Waals surface area contributed by atoms with Gasteiger partial charge in [-0.3, -0.25) is 4.79 Å². The molecule has 0 saturated carbocycles. The van der Waals surface area contributed by atoms with Crippen LogP contribution in [0, 0.1) is 6.92 Å². The summed E-state index contributed by atoms with van der Waals surface area (Å²) in [5, 5.41) is 11.7. The third kappa shape index (κ3) is 1.06. The first kappa shape index (κ1) is 8.06. The molecule has 1 aliphatic rings. The second kappa shape index (κ2) is 2.46. The molecule has 6 heteroatoms. The number of aliphatic hydroxyl groups excluding tert-OH is 1. The van der Waals surface area contributed by atoms with E-state index in [1.54, 1.807) is 14.0 Å². The Bertz CT molecular complexity index is 359. The van der Waals surface area contributed by atoms with Crippen LogP contribution in [0.1, 0.15) is 16.3 Å². The van der Waals surface area contributed by atoms with Gasteiger partial charge in [-0.15, -0.1) is 0 Å². The van der Waals surface area contributed by atoms with Crippen molar-refractivity contribution in [2.75, 3.05) is 11.9 Å². The SMILES string of the molecule is Cc1nc2c([nH]1)C(=O)NC(O)N2C. The van der Waals surface area contributed by atoms with E-state index in [1.165, 1.54) is 4.90 Å². The summed E-state index contributed by atoms with van der Waals surface area (Å²) >= 11 is 0. The number of imidazole rings is 1. The monoisotopic (exact) mass is 182 g/mol. The molecule has 13 heavy (non-hydrogen) atoms. The number of carbonyl (C=O) groups excluding carboxylic acids is 1. The van der Waals surface area contributed by atoms with Crippen LogP contribution in [0.15, 0.2) is 0 Å². The molecule has 2 rings (SSSR count). The molecule has 1 aliphatic heterocycles. The predicted octanol–water partition coefficient (Wildman–Crippen LogP) is -0.826. The van der Waals surface area contributed by atoms with Gasteiger partial charge in [0.05, 0.1) is 0 Å². The number of hydrogen-bond acceptors (Lipinski definition) is 4. The maximum Gasteiger partial charge on any atom is 0.275 e. The van der Waals surface area contributed by atoms with Gasteiger partial charge in [0.25, 0.3) is 5.91 Å². The normalized spacial score (nSPS) is 21.3. The van der Waals surface area contributed by atoms with E-state index in [2.05, 4.69) is 15.3 Å². The Balaban J connectivity index is 2.53. The minimum absolute atomic E-state index is 0.332. The molecule has 0 radical (unpaired) electrons. The molecule has 6 nitrogen and oxygen atoms in total. The summed E-state index contributed by atoms with van der Waals surface area (Å²) in [7, 11) is 1.66. The number of rotatable bonds is 0. The number of H-pyrrole nitrogens is 1. The maximum absolute atomic E-state index is 11.3. The Morgan fingerprint density at radius 2 is 2.31 bits per heavy atom. The summed E-state index contributed by atoms with van der Waals surface area (Å²) in [5.41, 5.74) is 0.394. The Morgan fingerprint density at radius 1 is 1.62 bits per heavy atom. The first-order valence-corrected chi connectivity index (χ1v) is 3.88. The van der Waals surface area contributed by atoms with E-state index >= 15 is 0 Å². The van der Waals surface area contributed by atoms with Crippen LogP contribution in [0.25, 0.3) is 0 Å². The average molecular weight is 182 g/mol. The molecular weight excluding hydrogens is 172 g/mol. The van der Waals surface area contributed by atoms with Crippen molar-refractivity contribution in [2.24, 2.45) is 0 Å². The van der Waals surface area contributed by atoms with Gasteiger partial charge in [0.2, 0.25) is 6.35 Å². The Kier molecular flexibility index (Phi) is 1.53. The van der Waals surface area contributed by atoms with Crippen molar-refractivity contribution in [1.82, 2.24) is 15.3 Å². The van der Waals surface area contributed by atoms with E-state index in [0.717, 1.165) is 0 Å². The van der Waals surface area contributed by atoms with Gasteiger partial charge in [-0.05, 0) is 6.92 Å². The highest BCUT2D eigenvalue weighted by Crippen LogP contribution is 2.20. The van der Waals surface area contributed by atoms with Gasteiger partial charge >= 0.3 is 0 Å². The lowest BCUT2D eigenvalue weighted by Crippen LogP contribution is -2.51. The molecular formula is C7H10N4O2. The molecule has 0 bridgehead atoms. The van der Waals surface area contributed by atoms with Crippen LogP contribution in [0.2, 0.25) is 0 Å². The molecule has 0 fully saturated rings. The molecule has 1 aromatic rings. The highest BCUT2D eigenvalue weighted by Gasteiger charge is 2.29. The molecule has 0 spiro atoms. The number of nitrogens with one attached hydrogen (secondary N) is 2. The molecule has 1 aromatic heterocycles. The van der Waals surface area contributed by atoms with E-state index in [9.17, 15) is 9.90 Å². The summed E-state index contributed by atoms with van der Waals surface area (Å²) in [6.45, 7) is 1.76. The number of nitrogens with zero attached hydrogens (tertiary/aromatic N) is 2. The molecule has 0 aromatic carbocycles. The molecule has 0 saturated heterocycles. The zero-order valence-corrected chi connectivity index (χ0v) is 7.33. The van der Waals surface area contributed by atoms with Gasteiger partial charge in [0.15, 0.2) is 5.82 Å². The van der Waals surface area contributed by atoms with Crippen LogP contribution >= 0.6 is 0 Å². The minimum atomic E-state index is -0.998. The van der Waals surface area contributed by atoms with Crippen LogP contribution in [0.4, 0.5) is 5.82 Å². The van der Waals surface area contributed by atoms with Crippen molar-refractivity contribution < 1.29 is 9.90 Å². The van der Waals surface area contributed by atoms with E-state index < -0.39 is 6.35 Å². The maximum atomic E-state index is 11.3. The predicted molar refractivity (Wildman–Crippen MR) is 45.2 cm³/mol. The number of fused-ring (bicyclic) bond motifs is 1. The fourth-order valence-electron chi connectivity index (χ4n) is 1.30. The largest absolute Gasteiger partial charge is 0.356 e. The molecule has 1 amide bonds. The fraction of sp³-hybridized carbons (Fsp3) is 0.429. The molecule has 1 unspecified atom stereocenters. The topological polar surface area (TPSA) is 81.2 Å². The quantitative estimate of drug-likeness (QED) is 0.489. The summed E-state index contributed by atoms with van der Waals surface area (Å²) in [6, 6.07) is 0. The van der Waals surface area contributed by atoms with Crippen LogP contribution in [-0.4, -0.2) is 34.4 Å². The summed E-state index contributed by atoms with van der Waals surface area (Å²) in [6.07, 6.45) is -0.998. The number of hydrogen-bond donors (Lipinski definition) is 3. The third-order valence-electron chi connectivity index (χ3n) is 1.99. The van der Waals surface area contributed by atoms with Gasteiger partial charge in [-0.1, -0.05) is 0 Å². The highest BCUT2D eigenvalue weighted by atomic mass is 16.3. The second-order valence-electron chi connectivity index (χ2n) is 2.98. The van der Waals surface area contributed by atoms with Crippen LogP contribution in [0.5, 0.6) is 0 Å². The zero-order valence-electron chi connectivity index (χ0n) is 7.33. The van der Waals surface area contributed by atoms with E-state index in [1.807, 2.05) is 0 Å². The fourth-order valence-corrected chi connectivity index (χ4v) is 1.30. The average Bonchev–Trinajstić information content (AvgIpc) is 2.44. The third-order valence-corrected chi connectivity index (χ3v) is 1.99. The number of anilines is 1. The minimum Gasteiger partial charge on any atom is -0.356 e. The zero-order chi connectivity index (χ0) is 9.59. The van der Waals surface area contributed by atoms with Gasteiger partial charge in [-0.25, -0.2) is 4.98 Å². The summed E-state index contributed by atoms with van der Waals surface area (Å²) in [4.78, 5) is 19.7. The Morgan fingerprint density at radius 3 is 3.00 bits per heavy atom. The van der Waals surface area contributed by atoms with Crippen LogP contribution < -0.4 is 10.2 Å². The van der Waals surface area contributed by atoms with Crippen molar-refractivity contribution in [3.05, 3.63) is 11.5 Å². The summed E-state index contributed by atoms with van der Waals surface area (Å²) in [5.74, 6) is 0.802. The van der Waals surface area contributed by atoms with Crippen molar-refractivity contribution >= 4 is 11.7 Å². The van der Waals surface area contributed by atoms with E-state index in [-0.39, 0.29) is 5.91 Å². The Labute approximate surface area is 74.6 Å². The first-order chi connectivity index (χ1) is 6.09. The lowest BCUT2D eigenvalue weighted by atomic mass is 10.3. The number of aryl methyl sites for hydroxylation is 1. The highest BCUT2D eigenvalue weighted by molar-refractivity contribution is 5.99. The van der Waals surface area contributed by atoms with Crippen molar-refractivity contribution in [3.8, 4) is 0 Å². The molecule has 1 atom stereocenters. The van der Waals surface area contributed by atoms with Crippen molar-refractivity contribution in [1.29, 1.82) is 0 Å². The van der Waals surface area contributed by atoms with E-state index in [0.29, 0.717) is 17.3 Å². The number of carbonyl (C=O) groups is 1. The van der Waals surface area contributed by atoms with E-state index in [4.69, 9.17) is 0 Å². The molecule has 2 heterocycles. The van der Waals surface area contributed by atoms with Crippen LogP contribution in [-0.2, 0) is 0 Å². The number of amides is 1. The lowest BCUT2D eigenvalue weighted by Gasteiger charge is -2.28. The smallest absolute Gasteiger partial charge is 0.275 e. The molecule has 3 N–H and O–H groups in total. The Hall–Kier alpha value is -1.56. The number of aromatic nitrogens is 2. The van der Waals surface area contributed by atoms with Gasteiger partial charge in [-0.2, -0.15) is 0 Å². The van der Waals surface area contributed by atoms with Gasteiger partial charge < -0.3 is 20.3 Å². The summed E-state index contributed by atoms with van der Waals surface area (Å²) < 4.78 is 0. The van der Waals surface area contributed by atoms with Crippen molar-refractivity contribution in [2.45, 2.75) is 13.3 Å². The number of aromatic amines is 1. The molecule has 70 valence electrons. The van der Waals surface area contributed by atoms with Crippen molar-refractivity contribution in [3.63, 3.8) is 0 Å². The van der Waals surface area contributed by atoms with Crippen LogP contribution in [0.3, 0.4) is 0 Å². The standard InChI is InChI=1S/C7H10N4O2/c1-3-8-4-5(9-3)11(2)7(13)10-6(4)12/h7,13H,1-2H3,(H,8,9)(H,10,12). The number of aliphatic hydroxyl groups is 1. The van der Waals surface area contributed by atoms with Gasteiger partial charge in [0, 0.05) is 7.05 Å². The lowest BCUT2D eigenvalue weighted by molar-refractivity contribution is 0.0751. The first-order valence-electron chi connectivity index (χ1n) is 3.88. The molecule has 0 aliphatic carbocycles. The van der Waals surface area contributed by atoms with Gasteiger partial charge in [0.1, 0.15) is 11.5 Å².